The van der Waals surface area contributed by atoms with Crippen LogP contribution in [-0.4, -0.2) is 0 Å². The summed E-state index contributed by atoms with van der Waals surface area (Å²) in [6, 6.07) is 0. The van der Waals surface area contributed by atoms with Crippen molar-refractivity contribution in [2.24, 2.45) is 10.8 Å². The predicted octanol–water partition coefficient (Wildman–Crippen LogP) is 7.19. The van der Waals surface area contributed by atoms with Gasteiger partial charge in [-0.15, -0.1) is 13.2 Å². The molecule has 0 atom stereocenters. The number of allylic oxidation sites excluding steroid dienone is 4. The standard InChI is InChI=1S/C9H18.C8H16.C2H4/c1-7(2)8(3)9(4,5)6;1-7(2)6-8(3,4)5;1-2/h1-6H3;6H,1-5H3;1-2H2. The highest BCUT2D eigenvalue weighted by Gasteiger charge is 2.12. The molecule has 0 nitrogen and oxygen atoms in total. The lowest BCUT2D eigenvalue weighted by molar-refractivity contribution is 0.498. The first kappa shape index (κ1) is 23.3. The summed E-state index contributed by atoms with van der Waals surface area (Å²) in [4.78, 5) is 0. The number of rotatable bonds is 0. The van der Waals surface area contributed by atoms with Crippen molar-refractivity contribution < 1.29 is 0 Å². The lowest BCUT2D eigenvalue weighted by Crippen LogP contribution is -2.07. The minimum atomic E-state index is 0.360. The minimum absolute atomic E-state index is 0.360. The molecule has 114 valence electrons. The molecule has 0 fully saturated rings. The van der Waals surface area contributed by atoms with Crippen LogP contribution in [0, 0.1) is 10.8 Å². The lowest BCUT2D eigenvalue weighted by Gasteiger charge is -2.20. The molecule has 0 amide bonds. The fourth-order valence-electron chi connectivity index (χ4n) is 1.62. The number of hydrogen-bond donors (Lipinski definition) is 0. The molecule has 0 aromatic carbocycles. The molecule has 0 spiro atoms. The third kappa shape index (κ3) is 19.7. The van der Waals surface area contributed by atoms with Gasteiger partial charge < -0.3 is 0 Å². The predicted molar refractivity (Wildman–Crippen MR) is 93.6 cm³/mol. The van der Waals surface area contributed by atoms with E-state index in [0.29, 0.717) is 10.8 Å². The Hall–Kier alpha value is -0.780. The highest BCUT2D eigenvalue weighted by atomic mass is 14.2. The van der Waals surface area contributed by atoms with Gasteiger partial charge in [0.1, 0.15) is 0 Å². The Labute approximate surface area is 123 Å². The van der Waals surface area contributed by atoms with Crippen molar-refractivity contribution in [3.63, 3.8) is 0 Å². The largest absolute Gasteiger partial charge is 0.106 e. The van der Waals surface area contributed by atoms with E-state index in [9.17, 15) is 0 Å². The van der Waals surface area contributed by atoms with Gasteiger partial charge in [-0.25, -0.2) is 0 Å². The molecule has 19 heavy (non-hydrogen) atoms. The Balaban J connectivity index is -0.000000239. The van der Waals surface area contributed by atoms with Crippen LogP contribution in [0.5, 0.6) is 0 Å². The van der Waals surface area contributed by atoms with E-state index in [-0.39, 0.29) is 0 Å². The fourth-order valence-corrected chi connectivity index (χ4v) is 1.62. The Morgan fingerprint density at radius 2 is 1.05 bits per heavy atom. The second-order valence-corrected chi connectivity index (χ2v) is 7.46. The fraction of sp³-hybridized carbons (Fsp3) is 0.684. The van der Waals surface area contributed by atoms with Gasteiger partial charge in [0.15, 0.2) is 0 Å². The van der Waals surface area contributed by atoms with Crippen molar-refractivity contribution in [2.45, 2.75) is 76.2 Å². The molecule has 0 aromatic rings. The van der Waals surface area contributed by atoms with E-state index < -0.39 is 0 Å². The van der Waals surface area contributed by atoms with Crippen LogP contribution in [0.4, 0.5) is 0 Å². The Morgan fingerprint density at radius 3 is 1.05 bits per heavy atom. The molecule has 0 saturated heterocycles. The molecule has 0 bridgehead atoms. The zero-order valence-corrected chi connectivity index (χ0v) is 15.5. The van der Waals surface area contributed by atoms with Gasteiger partial charge in [0.05, 0.1) is 0 Å². The van der Waals surface area contributed by atoms with E-state index in [1.165, 1.54) is 16.7 Å². The van der Waals surface area contributed by atoms with Crippen molar-refractivity contribution in [1.82, 2.24) is 0 Å². The van der Waals surface area contributed by atoms with Crippen molar-refractivity contribution in [3.8, 4) is 0 Å². The van der Waals surface area contributed by atoms with Crippen LogP contribution in [0.3, 0.4) is 0 Å². The third-order valence-electron chi connectivity index (χ3n) is 2.60. The van der Waals surface area contributed by atoms with Crippen molar-refractivity contribution in [1.29, 1.82) is 0 Å². The molecule has 0 rings (SSSR count). The quantitative estimate of drug-likeness (QED) is 0.407. The molecule has 0 heteroatoms. The van der Waals surface area contributed by atoms with Crippen LogP contribution < -0.4 is 0 Å². The van der Waals surface area contributed by atoms with E-state index in [2.05, 4.69) is 95.4 Å². The molecular formula is C19H38. The second-order valence-electron chi connectivity index (χ2n) is 7.46. The molecule has 0 saturated carbocycles. The van der Waals surface area contributed by atoms with E-state index in [4.69, 9.17) is 0 Å². The number of hydrogen-bond acceptors (Lipinski definition) is 0. The maximum atomic E-state index is 3.00. The van der Waals surface area contributed by atoms with Crippen LogP contribution in [0.2, 0.25) is 0 Å². The molecule has 0 aliphatic heterocycles. The van der Waals surface area contributed by atoms with Crippen molar-refractivity contribution in [3.05, 3.63) is 36.0 Å². The van der Waals surface area contributed by atoms with Crippen LogP contribution in [0.1, 0.15) is 76.2 Å². The monoisotopic (exact) mass is 266 g/mol. The van der Waals surface area contributed by atoms with Gasteiger partial charge in [0, 0.05) is 0 Å². The summed E-state index contributed by atoms with van der Waals surface area (Å²) < 4.78 is 0. The molecule has 0 aliphatic rings. The average molecular weight is 267 g/mol. The summed E-state index contributed by atoms with van der Waals surface area (Å²) >= 11 is 0. The van der Waals surface area contributed by atoms with Gasteiger partial charge >= 0.3 is 0 Å². The normalized spacial score (nSPS) is 10.3. The molecule has 0 N–H and O–H groups in total. The van der Waals surface area contributed by atoms with Gasteiger partial charge in [-0.3, -0.25) is 0 Å². The Kier molecular flexibility index (Phi) is 12.4. The van der Waals surface area contributed by atoms with Crippen molar-refractivity contribution in [2.75, 3.05) is 0 Å². The first-order valence-electron chi connectivity index (χ1n) is 7.08. The van der Waals surface area contributed by atoms with Gasteiger partial charge in [-0.05, 0) is 45.4 Å². The minimum Gasteiger partial charge on any atom is -0.106 e. The summed E-state index contributed by atoms with van der Waals surface area (Å²) in [6.45, 7) is 30.2. The Morgan fingerprint density at radius 1 is 0.737 bits per heavy atom. The summed E-state index contributed by atoms with van der Waals surface area (Å²) in [5.74, 6) is 0. The SMILES string of the molecule is C=C.CC(C)=C(C)C(C)(C)C.CC(C)=CC(C)(C)C. The van der Waals surface area contributed by atoms with E-state index in [0.717, 1.165) is 0 Å². The summed E-state index contributed by atoms with van der Waals surface area (Å²) in [5.41, 5.74) is 5.07. The van der Waals surface area contributed by atoms with Gasteiger partial charge in [0.2, 0.25) is 0 Å². The van der Waals surface area contributed by atoms with Crippen LogP contribution in [0.15, 0.2) is 36.0 Å². The average Bonchev–Trinajstić information content (AvgIpc) is 2.15. The molecule has 0 aliphatic carbocycles. The topological polar surface area (TPSA) is 0 Å². The second kappa shape index (κ2) is 10.1. The maximum Gasteiger partial charge on any atom is -0.0173 e. The first-order chi connectivity index (χ1) is 8.27. The zero-order chi connectivity index (χ0) is 16.4. The summed E-state index contributed by atoms with van der Waals surface area (Å²) in [6.07, 6.45) is 2.27. The maximum absolute atomic E-state index is 3.00. The third-order valence-corrected chi connectivity index (χ3v) is 2.60. The first-order valence-corrected chi connectivity index (χ1v) is 7.08. The van der Waals surface area contributed by atoms with Gasteiger partial charge in [-0.2, -0.15) is 0 Å². The van der Waals surface area contributed by atoms with E-state index in [1.54, 1.807) is 0 Å². The highest BCUT2D eigenvalue weighted by Crippen LogP contribution is 2.26. The van der Waals surface area contributed by atoms with E-state index in [1.807, 2.05) is 0 Å². The summed E-state index contributed by atoms with van der Waals surface area (Å²) in [5, 5.41) is 0. The van der Waals surface area contributed by atoms with Crippen LogP contribution >= 0.6 is 0 Å². The smallest absolute Gasteiger partial charge is 0.0173 e. The zero-order valence-electron chi connectivity index (χ0n) is 15.5. The summed E-state index contributed by atoms with van der Waals surface area (Å²) in [7, 11) is 0. The Bertz CT molecular complexity index is 279. The van der Waals surface area contributed by atoms with Gasteiger partial charge in [-0.1, -0.05) is 64.3 Å². The van der Waals surface area contributed by atoms with Crippen molar-refractivity contribution >= 4 is 0 Å². The highest BCUT2D eigenvalue weighted by molar-refractivity contribution is 5.13. The lowest BCUT2D eigenvalue weighted by atomic mass is 9.85. The molecule has 0 unspecified atom stereocenters. The van der Waals surface area contributed by atoms with Crippen LogP contribution in [0.25, 0.3) is 0 Å². The van der Waals surface area contributed by atoms with Crippen LogP contribution in [-0.2, 0) is 0 Å². The molecule has 0 heterocycles. The van der Waals surface area contributed by atoms with Gasteiger partial charge in [0.25, 0.3) is 0 Å². The molecule has 0 radical (unpaired) electrons. The molecular weight excluding hydrogens is 228 g/mol. The molecule has 0 aromatic heterocycles. The van der Waals surface area contributed by atoms with E-state index >= 15 is 0 Å².